The van der Waals surface area contributed by atoms with Crippen LogP contribution in [0.5, 0.6) is 0 Å². The lowest BCUT2D eigenvalue weighted by atomic mass is 10.1. The zero-order chi connectivity index (χ0) is 17.1. The Kier molecular flexibility index (Phi) is 4.41. The molecule has 3 rings (SSSR count). The van der Waals surface area contributed by atoms with Crippen LogP contribution >= 0.6 is 0 Å². The van der Waals surface area contributed by atoms with E-state index in [-0.39, 0.29) is 11.8 Å². The van der Waals surface area contributed by atoms with Crippen LogP contribution in [0, 0.1) is 6.92 Å². The van der Waals surface area contributed by atoms with Gasteiger partial charge in [0.2, 0.25) is 11.9 Å². The zero-order valence-corrected chi connectivity index (χ0v) is 13.6. The quantitative estimate of drug-likeness (QED) is 0.805. The average Bonchev–Trinajstić information content (AvgIpc) is 2.74. The first-order valence-corrected chi connectivity index (χ1v) is 7.83. The molecular weight excluding hydrogens is 306 g/mol. The van der Waals surface area contributed by atoms with Gasteiger partial charge in [0.15, 0.2) is 0 Å². The molecule has 2 heterocycles. The summed E-state index contributed by atoms with van der Waals surface area (Å²) in [6, 6.07) is 7.12. The molecule has 7 nitrogen and oxygen atoms in total. The highest BCUT2D eigenvalue weighted by Crippen LogP contribution is 2.25. The summed E-state index contributed by atoms with van der Waals surface area (Å²) in [5.41, 5.74) is 3.52. The van der Waals surface area contributed by atoms with Crippen LogP contribution in [0.3, 0.4) is 0 Å². The van der Waals surface area contributed by atoms with Crippen molar-refractivity contribution in [1.82, 2.24) is 9.97 Å². The lowest BCUT2D eigenvalue weighted by Gasteiger charge is -2.11. The van der Waals surface area contributed by atoms with Gasteiger partial charge in [0.25, 0.3) is 5.91 Å². The number of aromatic nitrogens is 2. The highest BCUT2D eigenvalue weighted by Gasteiger charge is 2.15. The standard InChI is InChI=1S/C17H19N5O2/c1-10-8-14(22-17(18-2)19-10)16(24)20-12-6-7-13-11(9-12)4-3-5-15(23)21-13/h6-9H,3-5H2,1-2H3,(H,20,24)(H,21,23)(H,18,19,22). The first-order valence-electron chi connectivity index (χ1n) is 7.83. The fourth-order valence-electron chi connectivity index (χ4n) is 2.64. The third kappa shape index (κ3) is 3.51. The number of carbonyl (C=O) groups excluding carboxylic acids is 2. The molecule has 2 aromatic rings. The predicted octanol–water partition coefficient (Wildman–Crippen LogP) is 2.35. The monoisotopic (exact) mass is 325 g/mol. The molecule has 1 aliphatic rings. The van der Waals surface area contributed by atoms with Crippen LogP contribution in [0.1, 0.15) is 34.6 Å². The highest BCUT2D eigenvalue weighted by atomic mass is 16.2. The number of anilines is 3. The minimum atomic E-state index is -0.297. The van der Waals surface area contributed by atoms with Gasteiger partial charge in [-0.15, -0.1) is 0 Å². The lowest BCUT2D eigenvalue weighted by molar-refractivity contribution is -0.116. The second kappa shape index (κ2) is 6.66. The van der Waals surface area contributed by atoms with Crippen molar-refractivity contribution < 1.29 is 9.59 Å². The molecule has 0 unspecified atom stereocenters. The molecule has 124 valence electrons. The highest BCUT2D eigenvalue weighted by molar-refractivity contribution is 6.03. The molecule has 2 amide bonds. The van der Waals surface area contributed by atoms with E-state index >= 15 is 0 Å². The van der Waals surface area contributed by atoms with Crippen LogP contribution < -0.4 is 16.0 Å². The summed E-state index contributed by atoms with van der Waals surface area (Å²) in [6.45, 7) is 1.81. The summed E-state index contributed by atoms with van der Waals surface area (Å²) >= 11 is 0. The molecule has 7 heteroatoms. The summed E-state index contributed by atoms with van der Waals surface area (Å²) in [5.74, 6) is 0.140. The lowest BCUT2D eigenvalue weighted by Crippen LogP contribution is -2.16. The molecule has 3 N–H and O–H groups in total. The van der Waals surface area contributed by atoms with E-state index in [2.05, 4.69) is 25.9 Å². The predicted molar refractivity (Wildman–Crippen MR) is 92.3 cm³/mol. The number of benzene rings is 1. The van der Waals surface area contributed by atoms with E-state index in [1.54, 1.807) is 19.2 Å². The maximum absolute atomic E-state index is 12.4. The molecular formula is C17H19N5O2. The zero-order valence-electron chi connectivity index (χ0n) is 13.6. The van der Waals surface area contributed by atoms with Gasteiger partial charge in [-0.25, -0.2) is 9.97 Å². The Balaban J connectivity index is 1.81. The largest absolute Gasteiger partial charge is 0.357 e. The molecule has 1 aliphatic heterocycles. The van der Waals surface area contributed by atoms with Crippen molar-refractivity contribution >= 4 is 29.1 Å². The van der Waals surface area contributed by atoms with E-state index in [1.165, 1.54) is 0 Å². The van der Waals surface area contributed by atoms with Crippen LogP contribution in [-0.2, 0) is 11.2 Å². The number of aryl methyl sites for hydroxylation is 2. The Morgan fingerprint density at radius 3 is 2.83 bits per heavy atom. The van der Waals surface area contributed by atoms with E-state index in [1.807, 2.05) is 19.1 Å². The molecule has 1 aromatic carbocycles. The topological polar surface area (TPSA) is 96.0 Å². The maximum Gasteiger partial charge on any atom is 0.274 e. The van der Waals surface area contributed by atoms with Crippen molar-refractivity contribution in [2.45, 2.75) is 26.2 Å². The van der Waals surface area contributed by atoms with Crippen LogP contribution in [0.4, 0.5) is 17.3 Å². The third-order valence-electron chi connectivity index (χ3n) is 3.80. The van der Waals surface area contributed by atoms with Crippen molar-refractivity contribution in [1.29, 1.82) is 0 Å². The molecule has 24 heavy (non-hydrogen) atoms. The maximum atomic E-state index is 12.4. The second-order valence-corrected chi connectivity index (χ2v) is 5.70. The molecule has 0 spiro atoms. The molecule has 0 radical (unpaired) electrons. The van der Waals surface area contributed by atoms with Gasteiger partial charge >= 0.3 is 0 Å². The first-order chi connectivity index (χ1) is 11.5. The van der Waals surface area contributed by atoms with Gasteiger partial charge in [0.1, 0.15) is 5.69 Å². The minimum absolute atomic E-state index is 0.0293. The van der Waals surface area contributed by atoms with Crippen molar-refractivity contribution in [3.8, 4) is 0 Å². The van der Waals surface area contributed by atoms with Gasteiger partial charge < -0.3 is 16.0 Å². The van der Waals surface area contributed by atoms with Crippen molar-refractivity contribution in [2.24, 2.45) is 0 Å². The molecule has 0 bridgehead atoms. The Morgan fingerprint density at radius 1 is 1.21 bits per heavy atom. The SMILES string of the molecule is CNc1nc(C)cc(C(=O)Nc2ccc3c(c2)CCCC(=O)N3)n1. The van der Waals surface area contributed by atoms with E-state index in [9.17, 15) is 9.59 Å². The van der Waals surface area contributed by atoms with Gasteiger partial charge in [0.05, 0.1) is 0 Å². The molecule has 1 aromatic heterocycles. The van der Waals surface area contributed by atoms with Crippen LogP contribution in [-0.4, -0.2) is 28.8 Å². The van der Waals surface area contributed by atoms with E-state index in [0.717, 1.165) is 24.1 Å². The van der Waals surface area contributed by atoms with Gasteiger partial charge in [-0.1, -0.05) is 0 Å². The number of fused-ring (bicyclic) bond motifs is 1. The van der Waals surface area contributed by atoms with Crippen LogP contribution in [0.2, 0.25) is 0 Å². The number of carbonyl (C=O) groups is 2. The van der Waals surface area contributed by atoms with Crippen molar-refractivity contribution in [2.75, 3.05) is 23.0 Å². The summed E-state index contributed by atoms with van der Waals surface area (Å²) < 4.78 is 0. The van der Waals surface area contributed by atoms with Crippen molar-refractivity contribution in [3.05, 3.63) is 41.2 Å². The smallest absolute Gasteiger partial charge is 0.274 e. The number of rotatable bonds is 3. The van der Waals surface area contributed by atoms with Crippen LogP contribution in [0.25, 0.3) is 0 Å². The summed E-state index contributed by atoms with van der Waals surface area (Å²) in [6.07, 6.45) is 2.12. The Labute approximate surface area is 139 Å². The summed E-state index contributed by atoms with van der Waals surface area (Å²) in [5, 5.41) is 8.56. The Hall–Kier alpha value is -2.96. The average molecular weight is 325 g/mol. The normalized spacial score (nSPS) is 13.5. The summed E-state index contributed by atoms with van der Waals surface area (Å²) in [4.78, 5) is 32.4. The Morgan fingerprint density at radius 2 is 2.04 bits per heavy atom. The van der Waals surface area contributed by atoms with E-state index in [4.69, 9.17) is 0 Å². The number of nitrogens with zero attached hydrogens (tertiary/aromatic N) is 2. The molecule has 0 saturated carbocycles. The molecule has 0 aliphatic carbocycles. The minimum Gasteiger partial charge on any atom is -0.357 e. The first kappa shape index (κ1) is 15.9. The fraction of sp³-hybridized carbons (Fsp3) is 0.294. The number of hydrogen-bond acceptors (Lipinski definition) is 5. The van der Waals surface area contributed by atoms with Gasteiger partial charge in [-0.2, -0.15) is 0 Å². The number of amides is 2. The molecule has 0 fully saturated rings. The van der Waals surface area contributed by atoms with Crippen LogP contribution in [0.15, 0.2) is 24.3 Å². The van der Waals surface area contributed by atoms with Gasteiger partial charge in [-0.05, 0) is 49.6 Å². The number of hydrogen-bond donors (Lipinski definition) is 3. The van der Waals surface area contributed by atoms with Gasteiger partial charge in [0, 0.05) is 30.5 Å². The third-order valence-corrected chi connectivity index (χ3v) is 3.80. The fourth-order valence-corrected chi connectivity index (χ4v) is 2.64. The molecule has 0 saturated heterocycles. The summed E-state index contributed by atoms with van der Waals surface area (Å²) in [7, 11) is 1.71. The van der Waals surface area contributed by atoms with E-state index < -0.39 is 0 Å². The Bertz CT molecular complexity index is 804. The second-order valence-electron chi connectivity index (χ2n) is 5.70. The van der Waals surface area contributed by atoms with Crippen molar-refractivity contribution in [3.63, 3.8) is 0 Å². The molecule has 0 atom stereocenters. The van der Waals surface area contributed by atoms with Gasteiger partial charge in [-0.3, -0.25) is 9.59 Å². The van der Waals surface area contributed by atoms with E-state index in [0.29, 0.717) is 29.4 Å². The number of nitrogens with one attached hydrogen (secondary N) is 3.